The van der Waals surface area contributed by atoms with Gasteiger partial charge < -0.3 is 0 Å². The van der Waals surface area contributed by atoms with Crippen LogP contribution in [0.15, 0.2) is 182 Å². The molecule has 7 heteroatoms. The molecule has 0 aliphatic rings. The summed E-state index contributed by atoms with van der Waals surface area (Å²) in [5.41, 5.74) is 4.02. The first-order valence-corrected chi connectivity index (χ1v) is 19.7. The maximum atomic E-state index is 6.85. The third kappa shape index (κ3) is 4.58. The first kappa shape index (κ1) is 30.5. The summed E-state index contributed by atoms with van der Waals surface area (Å²) in [6.45, 7) is 0. The Bertz CT molecular complexity index is 2770. The molecule has 0 N–H and O–H groups in total. The molecule has 0 bridgehead atoms. The average molecular weight is 704 g/mol. The van der Waals surface area contributed by atoms with Gasteiger partial charge in [0.05, 0.1) is 22.1 Å². The molecule has 0 aliphatic carbocycles. The lowest BCUT2D eigenvalue weighted by molar-refractivity contribution is 0.887. The summed E-state index contributed by atoms with van der Waals surface area (Å²) in [5.74, 6) is 0.933. The van der Waals surface area contributed by atoms with Gasteiger partial charge in [0.1, 0.15) is 0 Å². The van der Waals surface area contributed by atoms with Crippen LogP contribution < -0.4 is 20.7 Å². The zero-order chi connectivity index (χ0) is 34.6. The fourth-order valence-corrected chi connectivity index (χ4v) is 13.1. The third-order valence-electron chi connectivity index (χ3n) is 10.3. The van der Waals surface area contributed by atoms with Crippen LogP contribution in [0.2, 0.25) is 5.28 Å². The number of fused-ring (bicyclic) bond motifs is 6. The molecule has 52 heavy (non-hydrogen) atoms. The van der Waals surface area contributed by atoms with Crippen molar-refractivity contribution in [1.82, 2.24) is 24.1 Å². The Morgan fingerprint density at radius 2 is 0.712 bits per heavy atom. The molecule has 0 unspecified atom stereocenters. The van der Waals surface area contributed by atoms with Crippen LogP contribution in [-0.4, -0.2) is 32.2 Å². The Labute approximate surface area is 306 Å². The van der Waals surface area contributed by atoms with Crippen molar-refractivity contribution in [3.05, 3.63) is 187 Å². The fourth-order valence-electron chi connectivity index (χ4n) is 8.15. The van der Waals surface area contributed by atoms with E-state index in [2.05, 4.69) is 179 Å². The van der Waals surface area contributed by atoms with Gasteiger partial charge in [0.15, 0.2) is 8.07 Å². The lowest BCUT2D eigenvalue weighted by Gasteiger charge is -2.34. The molecule has 0 fully saturated rings. The summed E-state index contributed by atoms with van der Waals surface area (Å²) in [7, 11) is -2.81. The summed E-state index contributed by atoms with van der Waals surface area (Å²) >= 11 is 6.85. The third-order valence-corrected chi connectivity index (χ3v) is 15.2. The highest BCUT2D eigenvalue weighted by Gasteiger charge is 2.41. The minimum absolute atomic E-state index is 0.130. The van der Waals surface area contributed by atoms with Crippen LogP contribution in [0.25, 0.3) is 55.5 Å². The van der Waals surface area contributed by atoms with Gasteiger partial charge in [-0.05, 0) is 56.6 Å². The Balaban J connectivity index is 1.29. The topological polar surface area (TPSA) is 48.5 Å². The molecule has 0 spiro atoms. The minimum atomic E-state index is -2.81. The molecule has 0 aliphatic heterocycles. The number of benzene rings is 7. The predicted octanol–water partition coefficient (Wildman–Crippen LogP) is 8.10. The lowest BCUT2D eigenvalue weighted by atomic mass is 10.1. The van der Waals surface area contributed by atoms with Gasteiger partial charge >= 0.3 is 0 Å². The molecule has 0 atom stereocenters. The summed E-state index contributed by atoms with van der Waals surface area (Å²) in [4.78, 5) is 14.8. The second-order valence-corrected chi connectivity index (χ2v) is 17.2. The van der Waals surface area contributed by atoms with Gasteiger partial charge in [-0.25, -0.2) is 0 Å². The standard InChI is InChI=1S/C45H30ClN5Si/c46-43-47-44(50-39-25-13-10-22-35(39)36-23-11-14-26-40(36)50)49-45(48-43)51-41-27-15-12-24-37(41)38-29-28-34(30-42(38)51)52(31-16-4-1-5-17-31,32-18-6-2-7-19-32)33-20-8-3-9-21-33/h1-30H. The van der Waals surface area contributed by atoms with Crippen molar-refractivity contribution in [2.75, 3.05) is 0 Å². The summed E-state index contributed by atoms with van der Waals surface area (Å²) in [6, 6.07) is 65.0. The van der Waals surface area contributed by atoms with E-state index in [1.807, 2.05) is 12.1 Å². The highest BCUT2D eigenvalue weighted by molar-refractivity contribution is 7.20. The Hall–Kier alpha value is -6.34. The largest absolute Gasteiger partial charge is 0.278 e. The van der Waals surface area contributed by atoms with Crippen LogP contribution in [0.3, 0.4) is 0 Å². The highest BCUT2D eigenvalue weighted by atomic mass is 35.5. The number of halogens is 1. The van der Waals surface area contributed by atoms with Crippen molar-refractivity contribution < 1.29 is 0 Å². The zero-order valence-corrected chi connectivity index (χ0v) is 29.7. The van der Waals surface area contributed by atoms with E-state index in [-0.39, 0.29) is 5.28 Å². The predicted molar refractivity (Wildman–Crippen MR) is 217 cm³/mol. The molecule has 10 aromatic rings. The van der Waals surface area contributed by atoms with Gasteiger partial charge in [-0.3, -0.25) is 9.13 Å². The van der Waals surface area contributed by atoms with E-state index in [9.17, 15) is 0 Å². The highest BCUT2D eigenvalue weighted by Crippen LogP contribution is 2.34. The molecule has 0 amide bonds. The number of para-hydroxylation sites is 3. The lowest BCUT2D eigenvalue weighted by Crippen LogP contribution is -2.74. The minimum Gasteiger partial charge on any atom is -0.278 e. The summed E-state index contributed by atoms with van der Waals surface area (Å²) < 4.78 is 4.23. The smallest absolute Gasteiger partial charge is 0.240 e. The number of hydrogen-bond acceptors (Lipinski definition) is 3. The molecule has 10 rings (SSSR count). The van der Waals surface area contributed by atoms with E-state index < -0.39 is 8.07 Å². The van der Waals surface area contributed by atoms with Crippen molar-refractivity contribution in [2.24, 2.45) is 0 Å². The SMILES string of the molecule is Clc1nc(-n2c3ccccc3c3ccccc32)nc(-n2c3ccccc3c3ccc([Si](c4ccccc4)(c4ccccc4)c4ccccc4)cc32)n1. The Kier molecular flexibility index (Phi) is 7.13. The van der Waals surface area contributed by atoms with Crippen molar-refractivity contribution >= 4 is 84.0 Å². The quantitative estimate of drug-likeness (QED) is 0.130. The molecular formula is C45H30ClN5Si. The molecule has 5 nitrogen and oxygen atoms in total. The van der Waals surface area contributed by atoms with E-state index in [0.29, 0.717) is 11.9 Å². The first-order chi connectivity index (χ1) is 25.7. The normalized spacial score (nSPS) is 11.9. The van der Waals surface area contributed by atoms with Gasteiger partial charge in [0, 0.05) is 21.5 Å². The zero-order valence-electron chi connectivity index (χ0n) is 27.9. The fraction of sp³-hybridized carbons (Fsp3) is 0. The first-order valence-electron chi connectivity index (χ1n) is 17.3. The van der Waals surface area contributed by atoms with Crippen molar-refractivity contribution in [3.8, 4) is 11.9 Å². The second-order valence-electron chi connectivity index (χ2n) is 13.0. The van der Waals surface area contributed by atoms with Crippen LogP contribution in [-0.2, 0) is 0 Å². The Morgan fingerprint density at radius 3 is 1.15 bits per heavy atom. The van der Waals surface area contributed by atoms with Crippen LogP contribution >= 0.6 is 11.6 Å². The molecule has 0 saturated carbocycles. The number of nitrogens with zero attached hydrogens (tertiary/aromatic N) is 5. The van der Waals surface area contributed by atoms with Crippen molar-refractivity contribution in [2.45, 2.75) is 0 Å². The van der Waals surface area contributed by atoms with Crippen LogP contribution in [0.4, 0.5) is 0 Å². The van der Waals surface area contributed by atoms with Crippen LogP contribution in [0, 0.1) is 0 Å². The van der Waals surface area contributed by atoms with E-state index >= 15 is 0 Å². The number of rotatable bonds is 6. The van der Waals surface area contributed by atoms with E-state index in [1.54, 1.807) is 0 Å². The average Bonchev–Trinajstić information content (AvgIpc) is 3.72. The molecule has 3 heterocycles. The van der Waals surface area contributed by atoms with Gasteiger partial charge in [-0.15, -0.1) is 0 Å². The molecular weight excluding hydrogens is 674 g/mol. The number of hydrogen-bond donors (Lipinski definition) is 0. The van der Waals surface area contributed by atoms with Crippen molar-refractivity contribution in [1.29, 1.82) is 0 Å². The monoisotopic (exact) mass is 703 g/mol. The van der Waals surface area contributed by atoms with Gasteiger partial charge in [0.25, 0.3) is 0 Å². The Morgan fingerprint density at radius 1 is 0.346 bits per heavy atom. The van der Waals surface area contributed by atoms with Crippen LogP contribution in [0.1, 0.15) is 0 Å². The van der Waals surface area contributed by atoms with E-state index in [1.165, 1.54) is 20.7 Å². The number of aromatic nitrogens is 5. The van der Waals surface area contributed by atoms with Crippen molar-refractivity contribution in [3.63, 3.8) is 0 Å². The van der Waals surface area contributed by atoms with Gasteiger partial charge in [-0.2, -0.15) is 15.0 Å². The van der Waals surface area contributed by atoms with E-state index in [0.717, 1.165) is 43.6 Å². The van der Waals surface area contributed by atoms with Gasteiger partial charge in [-0.1, -0.05) is 158 Å². The molecule has 0 saturated heterocycles. The van der Waals surface area contributed by atoms with Crippen LogP contribution in [0.5, 0.6) is 0 Å². The maximum Gasteiger partial charge on any atom is 0.240 e. The van der Waals surface area contributed by atoms with E-state index in [4.69, 9.17) is 26.6 Å². The second kappa shape index (κ2) is 12.2. The maximum absolute atomic E-state index is 6.85. The van der Waals surface area contributed by atoms with Gasteiger partial charge in [0.2, 0.25) is 17.2 Å². The summed E-state index contributed by atoms with van der Waals surface area (Å²) in [6.07, 6.45) is 0. The molecule has 3 aromatic heterocycles. The molecule has 7 aromatic carbocycles. The molecule has 0 radical (unpaired) electrons. The molecule has 246 valence electrons. The summed E-state index contributed by atoms with van der Waals surface area (Å²) in [5, 5.41) is 9.81.